The number of rotatable bonds is 4. The number of halogens is 1. The molecule has 0 fully saturated rings. The predicted molar refractivity (Wildman–Crippen MR) is 85.6 cm³/mol. The third kappa shape index (κ3) is 3.42. The second-order valence-electron chi connectivity index (χ2n) is 4.49. The summed E-state index contributed by atoms with van der Waals surface area (Å²) in [4.78, 5) is 13.5. The first-order chi connectivity index (χ1) is 10.6. The van der Waals surface area contributed by atoms with Crippen LogP contribution in [-0.4, -0.2) is 16.2 Å². The molecule has 3 aromatic rings. The van der Waals surface area contributed by atoms with Crippen molar-refractivity contribution >= 4 is 33.2 Å². The zero-order chi connectivity index (χ0) is 15.5. The summed E-state index contributed by atoms with van der Waals surface area (Å²) in [6.07, 6.45) is 0. The van der Waals surface area contributed by atoms with Gasteiger partial charge < -0.3 is 9.15 Å². The molecule has 5 nitrogen and oxygen atoms in total. The van der Waals surface area contributed by atoms with Gasteiger partial charge in [0, 0.05) is 14.9 Å². The van der Waals surface area contributed by atoms with Crippen molar-refractivity contribution in [2.45, 2.75) is 13.5 Å². The number of nitrogens with zero attached hydrogens (tertiary/aromatic N) is 2. The number of aryl methyl sites for hydroxylation is 1. The Balaban J connectivity index is 1.64. The highest BCUT2D eigenvalue weighted by atomic mass is 79.9. The lowest BCUT2D eigenvalue weighted by Crippen LogP contribution is -2.03. The van der Waals surface area contributed by atoms with Crippen LogP contribution in [0.2, 0.25) is 0 Å². The molecule has 0 radical (unpaired) electrons. The van der Waals surface area contributed by atoms with E-state index in [1.807, 2.05) is 37.3 Å². The Kier molecular flexibility index (Phi) is 4.35. The molecule has 0 amide bonds. The number of aromatic nitrogens is 2. The second-order valence-corrected chi connectivity index (χ2v) is 6.70. The molecule has 7 heteroatoms. The lowest BCUT2D eigenvalue weighted by molar-refractivity contribution is 0.0444. The fraction of sp³-hybridized carbons (Fsp3) is 0.133. The van der Waals surface area contributed by atoms with Crippen LogP contribution in [0.3, 0.4) is 0 Å². The van der Waals surface area contributed by atoms with E-state index in [4.69, 9.17) is 9.15 Å². The Hall–Kier alpha value is -1.99. The van der Waals surface area contributed by atoms with E-state index in [2.05, 4.69) is 26.1 Å². The van der Waals surface area contributed by atoms with Crippen LogP contribution in [0.1, 0.15) is 20.4 Å². The summed E-state index contributed by atoms with van der Waals surface area (Å²) in [5.74, 6) is 0.270. The minimum atomic E-state index is -0.388. The average Bonchev–Trinajstić information content (AvgIpc) is 3.15. The fourth-order valence-corrected chi connectivity index (χ4v) is 2.79. The summed E-state index contributed by atoms with van der Waals surface area (Å²) in [5, 5.41) is 7.83. The maximum absolute atomic E-state index is 11.8. The first kappa shape index (κ1) is 14.9. The Morgan fingerprint density at radius 1 is 1.23 bits per heavy atom. The Bertz CT molecular complexity index is 795. The van der Waals surface area contributed by atoms with E-state index in [0.717, 1.165) is 14.9 Å². The molecule has 0 spiro atoms. The highest BCUT2D eigenvalue weighted by Gasteiger charge is 2.13. The molecule has 0 saturated heterocycles. The van der Waals surface area contributed by atoms with Crippen molar-refractivity contribution in [2.75, 3.05) is 0 Å². The number of hydrogen-bond donors (Lipinski definition) is 0. The van der Waals surface area contributed by atoms with Crippen LogP contribution in [0.25, 0.3) is 11.5 Å². The van der Waals surface area contributed by atoms with E-state index >= 15 is 0 Å². The Morgan fingerprint density at radius 2 is 2.00 bits per heavy atom. The number of benzene rings is 1. The van der Waals surface area contributed by atoms with Crippen molar-refractivity contribution in [3.8, 4) is 11.5 Å². The highest BCUT2D eigenvalue weighted by Crippen LogP contribution is 2.21. The molecule has 0 unspecified atom stereocenters. The minimum absolute atomic E-state index is 0.0424. The molecule has 0 aliphatic rings. The van der Waals surface area contributed by atoms with Gasteiger partial charge in [0.1, 0.15) is 4.88 Å². The predicted octanol–water partition coefficient (Wildman–Crippen LogP) is 4.23. The topological polar surface area (TPSA) is 65.2 Å². The van der Waals surface area contributed by atoms with E-state index in [9.17, 15) is 4.79 Å². The zero-order valence-corrected chi connectivity index (χ0v) is 14.0. The smallest absolute Gasteiger partial charge is 0.348 e. The zero-order valence-electron chi connectivity index (χ0n) is 11.6. The first-order valence-corrected chi connectivity index (χ1v) is 8.04. The summed E-state index contributed by atoms with van der Waals surface area (Å²) in [5.41, 5.74) is 0.808. The van der Waals surface area contributed by atoms with E-state index in [-0.39, 0.29) is 18.5 Å². The molecule has 1 aromatic carbocycles. The quantitative estimate of drug-likeness (QED) is 0.635. The maximum atomic E-state index is 11.8. The van der Waals surface area contributed by atoms with Crippen LogP contribution in [0.15, 0.2) is 45.3 Å². The van der Waals surface area contributed by atoms with Crippen molar-refractivity contribution < 1.29 is 13.9 Å². The molecule has 0 aliphatic heterocycles. The van der Waals surface area contributed by atoms with Crippen molar-refractivity contribution in [3.05, 3.63) is 56.5 Å². The van der Waals surface area contributed by atoms with Gasteiger partial charge in [-0.1, -0.05) is 15.9 Å². The lowest BCUT2D eigenvalue weighted by Gasteiger charge is -1.99. The first-order valence-electron chi connectivity index (χ1n) is 6.44. The van der Waals surface area contributed by atoms with E-state index in [0.29, 0.717) is 10.8 Å². The van der Waals surface area contributed by atoms with Gasteiger partial charge in [-0.25, -0.2) is 4.79 Å². The van der Waals surface area contributed by atoms with Crippen LogP contribution < -0.4 is 0 Å². The van der Waals surface area contributed by atoms with Crippen LogP contribution >= 0.6 is 27.3 Å². The molecular weight excluding hydrogens is 368 g/mol. The maximum Gasteiger partial charge on any atom is 0.348 e. The number of carbonyl (C=O) groups excluding carboxylic acids is 1. The third-order valence-corrected chi connectivity index (χ3v) is 4.34. The molecule has 2 heterocycles. The van der Waals surface area contributed by atoms with Gasteiger partial charge in [0.15, 0.2) is 6.61 Å². The normalized spacial score (nSPS) is 10.6. The summed E-state index contributed by atoms with van der Waals surface area (Å²) in [7, 11) is 0. The number of esters is 1. The number of ether oxygens (including phenoxy) is 1. The second kappa shape index (κ2) is 6.41. The van der Waals surface area contributed by atoms with Crippen molar-refractivity contribution in [1.82, 2.24) is 10.2 Å². The molecule has 0 N–H and O–H groups in total. The average molecular weight is 379 g/mol. The number of thiophene rings is 1. The molecule has 2 aromatic heterocycles. The Morgan fingerprint density at radius 3 is 2.68 bits per heavy atom. The van der Waals surface area contributed by atoms with Gasteiger partial charge in [-0.3, -0.25) is 0 Å². The molecule has 0 saturated carbocycles. The molecule has 112 valence electrons. The largest absolute Gasteiger partial charge is 0.451 e. The third-order valence-electron chi connectivity index (χ3n) is 2.83. The van der Waals surface area contributed by atoms with Gasteiger partial charge >= 0.3 is 5.97 Å². The Labute approximate surface area is 139 Å². The van der Waals surface area contributed by atoms with Crippen LogP contribution in [-0.2, 0) is 11.3 Å². The van der Waals surface area contributed by atoms with Crippen molar-refractivity contribution in [1.29, 1.82) is 0 Å². The standard InChI is InChI=1S/C15H11BrN2O3S/c1-9-2-7-12(22-9)15(19)20-8-13-17-18-14(21-13)10-3-5-11(16)6-4-10/h2-7H,8H2,1H3. The summed E-state index contributed by atoms with van der Waals surface area (Å²) in [6.45, 7) is 1.89. The van der Waals surface area contributed by atoms with E-state index in [1.165, 1.54) is 11.3 Å². The van der Waals surface area contributed by atoms with E-state index < -0.39 is 0 Å². The minimum Gasteiger partial charge on any atom is -0.451 e. The summed E-state index contributed by atoms with van der Waals surface area (Å²) in [6, 6.07) is 11.1. The molecule has 0 atom stereocenters. The summed E-state index contributed by atoms with van der Waals surface area (Å²) < 4.78 is 11.6. The van der Waals surface area contributed by atoms with Crippen molar-refractivity contribution in [2.24, 2.45) is 0 Å². The molecule has 22 heavy (non-hydrogen) atoms. The van der Waals surface area contributed by atoms with Gasteiger partial charge in [0.25, 0.3) is 5.89 Å². The fourth-order valence-electron chi connectivity index (χ4n) is 1.76. The number of hydrogen-bond acceptors (Lipinski definition) is 6. The van der Waals surface area contributed by atoms with Crippen molar-refractivity contribution in [3.63, 3.8) is 0 Å². The van der Waals surface area contributed by atoms with Crippen LogP contribution in [0, 0.1) is 6.92 Å². The van der Waals surface area contributed by atoms with E-state index in [1.54, 1.807) is 6.07 Å². The SMILES string of the molecule is Cc1ccc(C(=O)OCc2nnc(-c3ccc(Br)cc3)o2)s1. The van der Waals surface area contributed by atoms with Gasteiger partial charge in [-0.15, -0.1) is 21.5 Å². The molecule has 0 bridgehead atoms. The summed E-state index contributed by atoms with van der Waals surface area (Å²) >= 11 is 4.75. The molecule has 0 aliphatic carbocycles. The van der Waals surface area contributed by atoms with Gasteiger partial charge in [0.2, 0.25) is 5.89 Å². The van der Waals surface area contributed by atoms with Crippen LogP contribution in [0.4, 0.5) is 0 Å². The van der Waals surface area contributed by atoms with Gasteiger partial charge in [0.05, 0.1) is 0 Å². The van der Waals surface area contributed by atoms with Gasteiger partial charge in [-0.05, 0) is 43.3 Å². The van der Waals surface area contributed by atoms with Crippen LogP contribution in [0.5, 0.6) is 0 Å². The monoisotopic (exact) mass is 378 g/mol. The molecule has 3 rings (SSSR count). The lowest BCUT2D eigenvalue weighted by atomic mass is 10.2. The highest BCUT2D eigenvalue weighted by molar-refractivity contribution is 9.10. The van der Waals surface area contributed by atoms with Gasteiger partial charge in [-0.2, -0.15) is 0 Å². The number of carbonyl (C=O) groups is 1. The molecular formula is C15H11BrN2O3S.